The number of amides is 1. The van der Waals surface area contributed by atoms with E-state index in [1.807, 2.05) is 12.1 Å². The molecule has 0 aliphatic rings. The number of ether oxygens (including phenoxy) is 1. The van der Waals surface area contributed by atoms with E-state index < -0.39 is 6.09 Å². The zero-order chi connectivity index (χ0) is 12.8. The Morgan fingerprint density at radius 3 is 2.61 bits per heavy atom. The van der Waals surface area contributed by atoms with E-state index in [2.05, 4.69) is 10.3 Å². The summed E-state index contributed by atoms with van der Waals surface area (Å²) < 4.78 is 5.00. The van der Waals surface area contributed by atoms with Crippen molar-refractivity contribution in [2.75, 3.05) is 5.32 Å². The zero-order valence-corrected chi connectivity index (χ0v) is 9.33. The average molecular weight is 239 g/mol. The van der Waals surface area contributed by atoms with Crippen molar-refractivity contribution in [1.82, 2.24) is 4.98 Å². The van der Waals surface area contributed by atoms with Crippen molar-refractivity contribution in [3.05, 3.63) is 54.4 Å². The van der Waals surface area contributed by atoms with Crippen LogP contribution in [0, 0.1) is 11.3 Å². The second kappa shape index (κ2) is 5.46. The van der Waals surface area contributed by atoms with Gasteiger partial charge in [-0.3, -0.25) is 5.32 Å². The summed E-state index contributed by atoms with van der Waals surface area (Å²) in [6.45, 7) is 0. The number of anilines is 1. The number of pyridine rings is 1. The molecule has 5 nitrogen and oxygen atoms in total. The molecule has 1 amide bonds. The van der Waals surface area contributed by atoms with Crippen molar-refractivity contribution in [2.45, 2.75) is 0 Å². The molecule has 0 saturated carbocycles. The van der Waals surface area contributed by atoms with Crippen molar-refractivity contribution in [2.24, 2.45) is 0 Å². The van der Waals surface area contributed by atoms with Crippen LogP contribution in [0.4, 0.5) is 10.5 Å². The van der Waals surface area contributed by atoms with Crippen molar-refractivity contribution < 1.29 is 9.53 Å². The lowest BCUT2D eigenvalue weighted by Gasteiger charge is -2.05. The molecular weight excluding hydrogens is 230 g/mol. The Morgan fingerprint density at radius 2 is 2.00 bits per heavy atom. The number of para-hydroxylation sites is 1. The van der Waals surface area contributed by atoms with Crippen molar-refractivity contribution in [3.63, 3.8) is 0 Å². The van der Waals surface area contributed by atoms with E-state index in [-0.39, 0.29) is 11.4 Å². The number of nitrogens with zero attached hydrogens (tertiary/aromatic N) is 2. The maximum atomic E-state index is 11.5. The van der Waals surface area contributed by atoms with E-state index >= 15 is 0 Å². The summed E-state index contributed by atoms with van der Waals surface area (Å²) in [5, 5.41) is 11.1. The summed E-state index contributed by atoms with van der Waals surface area (Å²) in [5.41, 5.74) is 0.912. The van der Waals surface area contributed by atoms with E-state index in [1.54, 1.807) is 24.3 Å². The monoisotopic (exact) mass is 239 g/mol. The Morgan fingerprint density at radius 1 is 1.22 bits per heavy atom. The van der Waals surface area contributed by atoms with E-state index in [0.717, 1.165) is 0 Å². The standard InChI is InChI=1S/C13H9N3O2/c14-8-11-6-7-12(9-15-11)18-13(17)16-10-4-2-1-3-5-10/h1-7,9H,(H,16,17). The van der Waals surface area contributed by atoms with Crippen LogP contribution in [0.1, 0.15) is 5.69 Å². The van der Waals surface area contributed by atoms with Crippen LogP contribution in [-0.2, 0) is 0 Å². The predicted molar refractivity (Wildman–Crippen MR) is 65.0 cm³/mol. The molecule has 0 saturated heterocycles. The number of hydrogen-bond acceptors (Lipinski definition) is 4. The summed E-state index contributed by atoms with van der Waals surface area (Å²) in [4.78, 5) is 15.3. The number of rotatable bonds is 2. The van der Waals surface area contributed by atoms with Crippen LogP contribution in [0.3, 0.4) is 0 Å². The molecule has 88 valence electrons. The van der Waals surface area contributed by atoms with Crippen LogP contribution < -0.4 is 10.1 Å². The smallest absolute Gasteiger partial charge is 0.408 e. The molecule has 0 fully saturated rings. The summed E-state index contributed by atoms with van der Waals surface area (Å²) in [5.74, 6) is 0.280. The number of nitrogens with one attached hydrogen (secondary N) is 1. The maximum Gasteiger partial charge on any atom is 0.417 e. The summed E-state index contributed by atoms with van der Waals surface area (Å²) in [6.07, 6.45) is 0.719. The Hall–Kier alpha value is -2.87. The van der Waals surface area contributed by atoms with Crippen LogP contribution in [0.15, 0.2) is 48.7 Å². The van der Waals surface area contributed by atoms with Crippen LogP contribution in [0.2, 0.25) is 0 Å². The molecule has 5 heteroatoms. The van der Waals surface area contributed by atoms with Gasteiger partial charge in [0.05, 0.1) is 6.20 Å². The highest BCUT2D eigenvalue weighted by Gasteiger charge is 2.05. The SMILES string of the molecule is N#Cc1ccc(OC(=O)Nc2ccccc2)cn1. The van der Waals surface area contributed by atoms with Gasteiger partial charge < -0.3 is 4.74 Å². The van der Waals surface area contributed by atoms with Gasteiger partial charge in [0, 0.05) is 5.69 Å². The van der Waals surface area contributed by atoms with Crippen LogP contribution in [0.25, 0.3) is 0 Å². The Bertz CT molecular complexity index is 573. The van der Waals surface area contributed by atoms with Crippen molar-refractivity contribution in [1.29, 1.82) is 5.26 Å². The van der Waals surface area contributed by atoms with Crippen LogP contribution in [-0.4, -0.2) is 11.1 Å². The summed E-state index contributed by atoms with van der Waals surface area (Å²) in [6, 6.07) is 13.8. The van der Waals surface area contributed by atoms with E-state index in [4.69, 9.17) is 10.00 Å². The molecule has 0 radical (unpaired) electrons. The van der Waals surface area contributed by atoms with Gasteiger partial charge in [0.15, 0.2) is 5.75 Å². The molecule has 1 heterocycles. The van der Waals surface area contributed by atoms with Gasteiger partial charge in [-0.15, -0.1) is 0 Å². The van der Waals surface area contributed by atoms with Gasteiger partial charge >= 0.3 is 6.09 Å². The molecule has 1 aromatic heterocycles. The molecule has 1 aromatic carbocycles. The fourth-order valence-electron chi connectivity index (χ4n) is 1.28. The Kier molecular flexibility index (Phi) is 3.52. The van der Waals surface area contributed by atoms with Gasteiger partial charge in [0.2, 0.25) is 0 Å². The second-order valence-electron chi connectivity index (χ2n) is 3.37. The molecule has 0 aliphatic heterocycles. The van der Waals surface area contributed by atoms with Gasteiger partial charge in [0.25, 0.3) is 0 Å². The average Bonchev–Trinajstić information content (AvgIpc) is 2.40. The highest BCUT2D eigenvalue weighted by atomic mass is 16.6. The minimum Gasteiger partial charge on any atom is -0.408 e. The number of benzene rings is 1. The Balaban J connectivity index is 1.97. The third-order valence-electron chi connectivity index (χ3n) is 2.08. The third-order valence-corrected chi connectivity index (χ3v) is 2.08. The first-order chi connectivity index (χ1) is 8.78. The first-order valence-electron chi connectivity index (χ1n) is 5.18. The molecule has 0 bridgehead atoms. The molecule has 18 heavy (non-hydrogen) atoms. The molecule has 2 aromatic rings. The van der Waals surface area contributed by atoms with Gasteiger partial charge in [0.1, 0.15) is 11.8 Å². The zero-order valence-electron chi connectivity index (χ0n) is 9.33. The lowest BCUT2D eigenvalue weighted by Crippen LogP contribution is -2.16. The summed E-state index contributed by atoms with van der Waals surface area (Å²) >= 11 is 0. The van der Waals surface area contributed by atoms with Gasteiger partial charge in [-0.2, -0.15) is 5.26 Å². The van der Waals surface area contributed by atoms with Gasteiger partial charge in [-0.25, -0.2) is 9.78 Å². The fraction of sp³-hybridized carbons (Fsp3) is 0. The summed E-state index contributed by atoms with van der Waals surface area (Å²) in [7, 11) is 0. The van der Waals surface area contributed by atoms with Crippen molar-refractivity contribution in [3.8, 4) is 11.8 Å². The molecule has 0 spiro atoms. The largest absolute Gasteiger partial charge is 0.417 e. The number of carbonyl (C=O) groups is 1. The molecule has 2 rings (SSSR count). The third kappa shape index (κ3) is 3.06. The first-order valence-corrected chi connectivity index (χ1v) is 5.18. The molecular formula is C13H9N3O2. The lowest BCUT2D eigenvalue weighted by molar-refractivity contribution is 0.215. The lowest BCUT2D eigenvalue weighted by atomic mass is 10.3. The van der Waals surface area contributed by atoms with E-state index in [9.17, 15) is 4.79 Å². The number of nitriles is 1. The van der Waals surface area contributed by atoms with Crippen LogP contribution >= 0.6 is 0 Å². The van der Waals surface area contributed by atoms with Gasteiger partial charge in [-0.05, 0) is 24.3 Å². The van der Waals surface area contributed by atoms with E-state index in [0.29, 0.717) is 5.69 Å². The predicted octanol–water partition coefficient (Wildman–Crippen LogP) is 2.56. The second-order valence-corrected chi connectivity index (χ2v) is 3.37. The normalized spacial score (nSPS) is 9.28. The highest BCUT2D eigenvalue weighted by molar-refractivity contribution is 5.86. The molecule has 0 aliphatic carbocycles. The minimum atomic E-state index is -0.604. The Labute approximate surface area is 104 Å². The minimum absolute atomic E-state index is 0.269. The topological polar surface area (TPSA) is 75.0 Å². The quantitative estimate of drug-likeness (QED) is 0.873. The molecule has 1 N–H and O–H groups in total. The number of carbonyl (C=O) groups excluding carboxylic acids is 1. The number of aromatic nitrogens is 1. The van der Waals surface area contributed by atoms with Crippen molar-refractivity contribution >= 4 is 11.8 Å². The van der Waals surface area contributed by atoms with Gasteiger partial charge in [-0.1, -0.05) is 18.2 Å². The molecule has 0 unspecified atom stereocenters. The number of hydrogen-bond donors (Lipinski definition) is 1. The molecule has 0 atom stereocenters. The maximum absolute atomic E-state index is 11.5. The highest BCUT2D eigenvalue weighted by Crippen LogP contribution is 2.11. The van der Waals surface area contributed by atoms with E-state index in [1.165, 1.54) is 18.3 Å². The first kappa shape index (κ1) is 11.6. The fourth-order valence-corrected chi connectivity index (χ4v) is 1.28. The van der Waals surface area contributed by atoms with Crippen LogP contribution in [0.5, 0.6) is 5.75 Å².